The van der Waals surface area contributed by atoms with Crippen LogP contribution in [0.25, 0.3) is 0 Å². The summed E-state index contributed by atoms with van der Waals surface area (Å²) in [6.07, 6.45) is 1.48. The van der Waals surface area contributed by atoms with Crippen LogP contribution in [0.3, 0.4) is 0 Å². The molecule has 0 unspecified atom stereocenters. The Labute approximate surface area is 171 Å². The van der Waals surface area contributed by atoms with Gasteiger partial charge in [0.1, 0.15) is 0 Å². The van der Waals surface area contributed by atoms with Gasteiger partial charge in [0.2, 0.25) is 0 Å². The van der Waals surface area contributed by atoms with Crippen LogP contribution in [0.4, 0.5) is 0 Å². The predicted octanol–water partition coefficient (Wildman–Crippen LogP) is 2.85. The number of benzene rings is 1. The molecule has 6 nitrogen and oxygen atoms in total. The van der Waals surface area contributed by atoms with Crippen LogP contribution >= 0.6 is 11.3 Å². The maximum absolute atomic E-state index is 13.0. The van der Waals surface area contributed by atoms with E-state index in [1.165, 1.54) is 0 Å². The van der Waals surface area contributed by atoms with Gasteiger partial charge in [-0.3, -0.25) is 9.69 Å². The quantitative estimate of drug-likeness (QED) is 0.688. The molecule has 2 heterocycles. The van der Waals surface area contributed by atoms with Crippen molar-refractivity contribution in [1.29, 1.82) is 0 Å². The third kappa shape index (κ3) is 4.79. The van der Waals surface area contributed by atoms with Gasteiger partial charge in [-0.1, -0.05) is 26.0 Å². The van der Waals surface area contributed by atoms with Crippen LogP contribution in [-0.2, 0) is 22.8 Å². The van der Waals surface area contributed by atoms with Crippen molar-refractivity contribution < 1.29 is 13.2 Å². The average molecular weight is 422 g/mol. The van der Waals surface area contributed by atoms with Crippen LogP contribution in [0.5, 0.6) is 0 Å². The van der Waals surface area contributed by atoms with E-state index in [2.05, 4.69) is 22.2 Å². The summed E-state index contributed by atoms with van der Waals surface area (Å²) < 4.78 is 25.1. The van der Waals surface area contributed by atoms with E-state index >= 15 is 0 Å². The zero-order valence-corrected chi connectivity index (χ0v) is 18.1. The highest BCUT2D eigenvalue weighted by Gasteiger charge is 2.27. The first-order chi connectivity index (χ1) is 13.4. The second-order valence-electron chi connectivity index (χ2n) is 6.97. The Balaban J connectivity index is 1.66. The number of hydrogen-bond acceptors (Lipinski definition) is 6. The number of aromatic nitrogens is 1. The van der Waals surface area contributed by atoms with Gasteiger partial charge in [0.05, 0.1) is 26.9 Å². The molecule has 0 saturated carbocycles. The number of nitrogens with zero attached hydrogens (tertiary/aromatic N) is 3. The van der Waals surface area contributed by atoms with Gasteiger partial charge >= 0.3 is 0 Å². The lowest BCUT2D eigenvalue weighted by Crippen LogP contribution is -2.48. The second-order valence-corrected chi connectivity index (χ2v) is 9.99. The summed E-state index contributed by atoms with van der Waals surface area (Å²) >= 11 is 1.69. The van der Waals surface area contributed by atoms with E-state index in [9.17, 15) is 13.2 Å². The van der Waals surface area contributed by atoms with Gasteiger partial charge in [0, 0.05) is 38.1 Å². The smallest absolute Gasteiger partial charge is 0.255 e. The number of carbonyl (C=O) groups excluding carboxylic acids is 1. The molecule has 0 spiro atoms. The zero-order chi connectivity index (χ0) is 20.1. The number of thiazole rings is 1. The minimum atomic E-state index is -3.44. The van der Waals surface area contributed by atoms with Crippen LogP contribution in [0.2, 0.25) is 0 Å². The maximum Gasteiger partial charge on any atom is 0.255 e. The Kier molecular flexibility index (Phi) is 6.85. The van der Waals surface area contributed by atoms with Crippen LogP contribution in [-0.4, -0.2) is 61.0 Å². The number of sulfone groups is 1. The van der Waals surface area contributed by atoms with Crippen molar-refractivity contribution in [2.75, 3.05) is 31.9 Å². The summed E-state index contributed by atoms with van der Waals surface area (Å²) in [4.78, 5) is 21.8. The summed E-state index contributed by atoms with van der Waals surface area (Å²) in [5, 5.41) is 3.25. The SMILES string of the molecule is CCCS(=O)(=O)c1ccccc1C(=O)N1CCN(Cc2csc(CC)n2)CC1. The van der Waals surface area contributed by atoms with Gasteiger partial charge < -0.3 is 4.90 Å². The van der Waals surface area contributed by atoms with Crippen molar-refractivity contribution in [2.24, 2.45) is 0 Å². The summed E-state index contributed by atoms with van der Waals surface area (Å²) in [7, 11) is -3.44. The molecule has 1 aromatic carbocycles. The third-order valence-corrected chi connectivity index (χ3v) is 7.89. The molecular weight excluding hydrogens is 394 g/mol. The minimum Gasteiger partial charge on any atom is -0.336 e. The van der Waals surface area contributed by atoms with E-state index in [0.29, 0.717) is 19.5 Å². The van der Waals surface area contributed by atoms with Crippen molar-refractivity contribution in [2.45, 2.75) is 38.1 Å². The van der Waals surface area contributed by atoms with Gasteiger partial charge in [-0.25, -0.2) is 13.4 Å². The Morgan fingerprint density at radius 2 is 1.86 bits per heavy atom. The van der Waals surface area contributed by atoms with E-state index in [1.54, 1.807) is 40.5 Å². The third-order valence-electron chi connectivity index (χ3n) is 4.87. The lowest BCUT2D eigenvalue weighted by Gasteiger charge is -2.34. The average Bonchev–Trinajstić information content (AvgIpc) is 3.15. The molecule has 3 rings (SSSR count). The Morgan fingerprint density at radius 3 is 2.50 bits per heavy atom. The number of hydrogen-bond donors (Lipinski definition) is 0. The molecule has 0 aliphatic carbocycles. The van der Waals surface area contributed by atoms with E-state index in [4.69, 9.17) is 0 Å². The first-order valence-electron chi connectivity index (χ1n) is 9.71. The maximum atomic E-state index is 13.0. The van der Waals surface area contributed by atoms with Gasteiger partial charge in [-0.15, -0.1) is 11.3 Å². The Bertz CT molecular complexity index is 916. The van der Waals surface area contributed by atoms with E-state index < -0.39 is 9.84 Å². The lowest BCUT2D eigenvalue weighted by atomic mass is 10.1. The zero-order valence-electron chi connectivity index (χ0n) is 16.4. The van der Waals surface area contributed by atoms with Crippen molar-refractivity contribution in [3.8, 4) is 0 Å². The highest BCUT2D eigenvalue weighted by molar-refractivity contribution is 7.91. The molecule has 28 heavy (non-hydrogen) atoms. The highest BCUT2D eigenvalue weighted by atomic mass is 32.2. The molecule has 1 fully saturated rings. The monoisotopic (exact) mass is 421 g/mol. The first-order valence-corrected chi connectivity index (χ1v) is 12.2. The molecule has 1 amide bonds. The molecule has 0 N–H and O–H groups in total. The van der Waals surface area contributed by atoms with Gasteiger partial charge in [0.25, 0.3) is 5.91 Å². The minimum absolute atomic E-state index is 0.0540. The Morgan fingerprint density at radius 1 is 1.14 bits per heavy atom. The molecule has 1 aliphatic rings. The fraction of sp³-hybridized carbons (Fsp3) is 0.500. The molecule has 1 aliphatic heterocycles. The lowest BCUT2D eigenvalue weighted by molar-refractivity contribution is 0.0623. The summed E-state index contributed by atoms with van der Waals surface area (Å²) in [6, 6.07) is 6.57. The predicted molar refractivity (Wildman–Crippen MR) is 111 cm³/mol. The summed E-state index contributed by atoms with van der Waals surface area (Å²) in [5.74, 6) is -0.143. The standard InChI is InChI=1S/C20H27N3O3S2/c1-3-13-28(25,26)18-8-6-5-7-17(18)20(24)23-11-9-22(10-12-23)14-16-15-27-19(4-2)21-16/h5-8,15H,3-4,9-14H2,1-2H3. The van der Waals surface area contributed by atoms with Crippen LogP contribution in [0, 0.1) is 0 Å². The summed E-state index contributed by atoms with van der Waals surface area (Å²) in [5.41, 5.74) is 1.37. The van der Waals surface area contributed by atoms with Crippen molar-refractivity contribution in [3.63, 3.8) is 0 Å². The fourth-order valence-electron chi connectivity index (χ4n) is 3.39. The highest BCUT2D eigenvalue weighted by Crippen LogP contribution is 2.21. The summed E-state index contributed by atoms with van der Waals surface area (Å²) in [6.45, 7) is 7.42. The number of piperazine rings is 1. The van der Waals surface area contributed by atoms with E-state index in [-0.39, 0.29) is 22.1 Å². The van der Waals surface area contributed by atoms with Crippen molar-refractivity contribution in [1.82, 2.24) is 14.8 Å². The van der Waals surface area contributed by atoms with Gasteiger partial charge in [-0.05, 0) is 25.0 Å². The van der Waals surface area contributed by atoms with Crippen LogP contribution in [0.1, 0.15) is 41.3 Å². The molecule has 0 atom stereocenters. The first kappa shape index (κ1) is 21.0. The number of amides is 1. The number of carbonyl (C=O) groups is 1. The van der Waals surface area contributed by atoms with Crippen LogP contribution in [0.15, 0.2) is 34.5 Å². The molecule has 0 bridgehead atoms. The van der Waals surface area contributed by atoms with E-state index in [0.717, 1.165) is 36.8 Å². The molecule has 152 valence electrons. The molecule has 1 saturated heterocycles. The number of rotatable bonds is 7. The number of aryl methyl sites for hydroxylation is 1. The van der Waals surface area contributed by atoms with Crippen molar-refractivity contribution in [3.05, 3.63) is 45.9 Å². The second kappa shape index (κ2) is 9.15. The van der Waals surface area contributed by atoms with Crippen LogP contribution < -0.4 is 0 Å². The Hall–Kier alpha value is -1.77. The fourth-order valence-corrected chi connectivity index (χ4v) is 5.66. The normalized spacial score (nSPS) is 15.7. The molecule has 8 heteroatoms. The molecule has 0 radical (unpaired) electrons. The molecule has 1 aromatic heterocycles. The molecular formula is C20H27N3O3S2. The van der Waals surface area contributed by atoms with Gasteiger partial charge in [-0.2, -0.15) is 0 Å². The van der Waals surface area contributed by atoms with Crippen molar-refractivity contribution >= 4 is 27.1 Å². The van der Waals surface area contributed by atoms with E-state index in [1.807, 2.05) is 6.92 Å². The van der Waals surface area contributed by atoms with Gasteiger partial charge in [0.15, 0.2) is 9.84 Å². The topological polar surface area (TPSA) is 70.6 Å². The molecule has 2 aromatic rings. The largest absolute Gasteiger partial charge is 0.336 e.